The van der Waals surface area contributed by atoms with E-state index in [0.29, 0.717) is 6.04 Å². The molecule has 0 saturated heterocycles. The molecule has 0 radical (unpaired) electrons. The molecule has 0 spiro atoms. The minimum atomic E-state index is -0.631. The molecule has 2 N–H and O–H groups in total. The number of hydrogen-bond donors (Lipinski definition) is 2. The lowest BCUT2D eigenvalue weighted by atomic mass is 9.86. The zero-order valence-electron chi connectivity index (χ0n) is 12.7. The summed E-state index contributed by atoms with van der Waals surface area (Å²) < 4.78 is 0. The van der Waals surface area contributed by atoms with Gasteiger partial charge in [0, 0.05) is 12.6 Å². The molecule has 0 bridgehead atoms. The number of nitrogens with one attached hydrogen (secondary N) is 1. The Morgan fingerprint density at radius 3 is 2.30 bits per heavy atom. The van der Waals surface area contributed by atoms with Gasteiger partial charge in [-0.05, 0) is 68.7 Å². The number of aliphatic carboxylic acids is 1. The van der Waals surface area contributed by atoms with Crippen LogP contribution in [0.25, 0.3) is 0 Å². The smallest absolute Gasteiger partial charge is 0.306 e. The predicted molar refractivity (Wildman–Crippen MR) is 80.9 cm³/mol. The molecule has 0 unspecified atom stereocenters. The predicted octanol–water partition coefficient (Wildman–Crippen LogP) is 3.34. The fourth-order valence-corrected chi connectivity index (χ4v) is 3.01. The maximum absolute atomic E-state index is 10.9. The van der Waals surface area contributed by atoms with Crippen molar-refractivity contribution in [2.45, 2.75) is 59.0 Å². The normalized spacial score (nSPS) is 22.8. The Labute approximate surface area is 121 Å². The van der Waals surface area contributed by atoms with Crippen LogP contribution in [0.2, 0.25) is 0 Å². The Morgan fingerprint density at radius 2 is 1.70 bits per heavy atom. The second-order valence-corrected chi connectivity index (χ2v) is 6.13. The van der Waals surface area contributed by atoms with Crippen molar-refractivity contribution < 1.29 is 9.90 Å². The van der Waals surface area contributed by atoms with E-state index in [1.54, 1.807) is 0 Å². The van der Waals surface area contributed by atoms with Crippen molar-refractivity contribution in [2.24, 2.45) is 5.92 Å². The van der Waals surface area contributed by atoms with E-state index in [2.05, 4.69) is 38.2 Å². The third-order valence-corrected chi connectivity index (χ3v) is 4.61. The molecule has 3 nitrogen and oxygen atoms in total. The van der Waals surface area contributed by atoms with E-state index in [-0.39, 0.29) is 5.92 Å². The Bertz CT molecular complexity index is 488. The molecule has 0 aliphatic heterocycles. The highest BCUT2D eigenvalue weighted by Crippen LogP contribution is 2.25. The molecule has 110 valence electrons. The Morgan fingerprint density at radius 1 is 1.10 bits per heavy atom. The third kappa shape index (κ3) is 3.60. The van der Waals surface area contributed by atoms with Gasteiger partial charge >= 0.3 is 5.97 Å². The highest BCUT2D eigenvalue weighted by molar-refractivity contribution is 5.70. The fraction of sp³-hybridized carbons (Fsp3) is 0.588. The molecule has 1 aromatic rings. The molecule has 20 heavy (non-hydrogen) atoms. The third-order valence-electron chi connectivity index (χ3n) is 4.61. The zero-order chi connectivity index (χ0) is 14.7. The largest absolute Gasteiger partial charge is 0.481 e. The lowest BCUT2D eigenvalue weighted by Gasteiger charge is -2.27. The summed E-state index contributed by atoms with van der Waals surface area (Å²) in [5, 5.41) is 12.6. The van der Waals surface area contributed by atoms with Crippen molar-refractivity contribution in [3.8, 4) is 0 Å². The van der Waals surface area contributed by atoms with Gasteiger partial charge in [0.25, 0.3) is 0 Å². The summed E-state index contributed by atoms with van der Waals surface area (Å²) in [6, 6.07) is 4.97. The van der Waals surface area contributed by atoms with E-state index in [9.17, 15) is 4.79 Å². The van der Waals surface area contributed by atoms with Gasteiger partial charge in [-0.2, -0.15) is 0 Å². The number of hydrogen-bond acceptors (Lipinski definition) is 2. The van der Waals surface area contributed by atoms with Gasteiger partial charge in [0.05, 0.1) is 5.92 Å². The van der Waals surface area contributed by atoms with E-state index in [0.717, 1.165) is 32.2 Å². The van der Waals surface area contributed by atoms with Crippen molar-refractivity contribution >= 4 is 5.97 Å². The van der Waals surface area contributed by atoms with Crippen LogP contribution in [0.5, 0.6) is 0 Å². The van der Waals surface area contributed by atoms with Crippen molar-refractivity contribution in [2.75, 3.05) is 0 Å². The van der Waals surface area contributed by atoms with Crippen LogP contribution in [0, 0.1) is 26.7 Å². The minimum Gasteiger partial charge on any atom is -0.481 e. The van der Waals surface area contributed by atoms with Gasteiger partial charge in [0.1, 0.15) is 0 Å². The summed E-state index contributed by atoms with van der Waals surface area (Å²) in [6.07, 6.45) is 3.56. The van der Waals surface area contributed by atoms with Crippen LogP contribution in [0.1, 0.15) is 47.9 Å². The topological polar surface area (TPSA) is 49.3 Å². The standard InChI is InChI=1S/C17H25NO2/c1-11-8-13(3)15(9-12(11)2)10-18-16-6-4-14(5-7-16)17(19)20/h8-9,14,16,18H,4-7,10H2,1-3H3,(H,19,20). The maximum atomic E-state index is 10.9. The Kier molecular flexibility index (Phi) is 4.81. The molecular formula is C17H25NO2. The molecule has 0 heterocycles. The van der Waals surface area contributed by atoms with Gasteiger partial charge < -0.3 is 10.4 Å². The molecule has 3 heteroatoms. The Balaban J connectivity index is 1.87. The number of carboxylic acid groups (broad SMARTS) is 1. The first kappa shape index (κ1) is 15.0. The SMILES string of the molecule is Cc1cc(C)c(CNC2CCC(C(=O)O)CC2)cc1C. The molecule has 0 amide bonds. The molecular weight excluding hydrogens is 250 g/mol. The number of rotatable bonds is 4. The van der Waals surface area contributed by atoms with Crippen LogP contribution in [-0.2, 0) is 11.3 Å². The summed E-state index contributed by atoms with van der Waals surface area (Å²) >= 11 is 0. The van der Waals surface area contributed by atoms with E-state index in [1.807, 2.05) is 0 Å². The van der Waals surface area contributed by atoms with Crippen molar-refractivity contribution in [1.82, 2.24) is 5.32 Å². The summed E-state index contributed by atoms with van der Waals surface area (Å²) in [5.41, 5.74) is 5.36. The number of aryl methyl sites for hydroxylation is 3. The van der Waals surface area contributed by atoms with Gasteiger partial charge in [-0.25, -0.2) is 0 Å². The number of benzene rings is 1. The highest BCUT2D eigenvalue weighted by Gasteiger charge is 2.25. The molecule has 0 atom stereocenters. The molecule has 1 aliphatic carbocycles. The van der Waals surface area contributed by atoms with E-state index in [4.69, 9.17) is 5.11 Å². The van der Waals surface area contributed by atoms with E-state index >= 15 is 0 Å². The van der Waals surface area contributed by atoms with Gasteiger partial charge in [0.2, 0.25) is 0 Å². The molecule has 1 aliphatic rings. The molecule has 2 rings (SSSR count). The minimum absolute atomic E-state index is 0.128. The molecule has 1 fully saturated rings. The van der Waals surface area contributed by atoms with Crippen molar-refractivity contribution in [1.29, 1.82) is 0 Å². The summed E-state index contributed by atoms with van der Waals surface area (Å²) in [7, 11) is 0. The Hall–Kier alpha value is -1.35. The highest BCUT2D eigenvalue weighted by atomic mass is 16.4. The van der Waals surface area contributed by atoms with Crippen LogP contribution in [0.15, 0.2) is 12.1 Å². The monoisotopic (exact) mass is 275 g/mol. The summed E-state index contributed by atoms with van der Waals surface area (Å²) in [6.45, 7) is 7.34. The molecule has 1 saturated carbocycles. The quantitative estimate of drug-likeness (QED) is 0.886. The summed E-state index contributed by atoms with van der Waals surface area (Å²) in [5.74, 6) is -0.759. The molecule has 1 aromatic carbocycles. The average molecular weight is 275 g/mol. The van der Waals surface area contributed by atoms with Crippen LogP contribution in [0.4, 0.5) is 0 Å². The van der Waals surface area contributed by atoms with Crippen molar-refractivity contribution in [3.05, 3.63) is 34.4 Å². The first-order valence-corrected chi connectivity index (χ1v) is 7.50. The lowest BCUT2D eigenvalue weighted by molar-refractivity contribution is -0.142. The van der Waals surface area contributed by atoms with Crippen molar-refractivity contribution in [3.63, 3.8) is 0 Å². The van der Waals surface area contributed by atoms with Crippen LogP contribution < -0.4 is 5.32 Å². The number of carbonyl (C=O) groups is 1. The van der Waals surface area contributed by atoms with Gasteiger partial charge in [-0.1, -0.05) is 12.1 Å². The summed E-state index contributed by atoms with van der Waals surface area (Å²) in [4.78, 5) is 10.9. The van der Waals surface area contributed by atoms with E-state index < -0.39 is 5.97 Å². The maximum Gasteiger partial charge on any atom is 0.306 e. The first-order valence-electron chi connectivity index (χ1n) is 7.50. The van der Waals surface area contributed by atoms with Crippen LogP contribution >= 0.6 is 0 Å². The second kappa shape index (κ2) is 6.40. The molecule has 0 aromatic heterocycles. The fourth-order valence-electron chi connectivity index (χ4n) is 3.01. The lowest BCUT2D eigenvalue weighted by Crippen LogP contribution is -2.34. The van der Waals surface area contributed by atoms with Gasteiger partial charge in [0.15, 0.2) is 0 Å². The van der Waals surface area contributed by atoms with Crippen LogP contribution in [0.3, 0.4) is 0 Å². The zero-order valence-corrected chi connectivity index (χ0v) is 12.7. The van der Waals surface area contributed by atoms with Crippen LogP contribution in [-0.4, -0.2) is 17.1 Å². The second-order valence-electron chi connectivity index (χ2n) is 6.13. The first-order chi connectivity index (χ1) is 9.47. The van der Waals surface area contributed by atoms with Gasteiger partial charge in [-0.15, -0.1) is 0 Å². The van der Waals surface area contributed by atoms with Gasteiger partial charge in [-0.3, -0.25) is 4.79 Å². The number of carboxylic acids is 1. The van der Waals surface area contributed by atoms with E-state index in [1.165, 1.54) is 22.3 Å². The average Bonchev–Trinajstić information content (AvgIpc) is 2.42.